The molecule has 9 heteroatoms. The van der Waals surface area contributed by atoms with Crippen molar-refractivity contribution in [2.75, 3.05) is 37.6 Å². The van der Waals surface area contributed by atoms with Crippen LogP contribution in [0.4, 0.5) is 24.5 Å². The molecule has 1 aliphatic rings. The number of nitro groups is 1. The fraction of sp³-hybridized carbons (Fsp3) is 0.316. The summed E-state index contributed by atoms with van der Waals surface area (Å²) in [6, 6.07) is 11.0. The van der Waals surface area contributed by atoms with Crippen LogP contribution in [0, 0.1) is 10.1 Å². The van der Waals surface area contributed by atoms with Gasteiger partial charge in [-0.1, -0.05) is 18.2 Å². The number of nitro benzene ring substituents is 1. The Kier molecular flexibility index (Phi) is 5.64. The Morgan fingerprint density at radius 2 is 1.71 bits per heavy atom. The van der Waals surface area contributed by atoms with E-state index in [1.807, 2.05) is 9.80 Å². The largest absolute Gasteiger partial charge is 0.416 e. The van der Waals surface area contributed by atoms with Crippen molar-refractivity contribution in [2.24, 2.45) is 0 Å². The second-order valence-electron chi connectivity index (χ2n) is 6.51. The molecule has 1 heterocycles. The van der Waals surface area contributed by atoms with Crippen LogP contribution in [0.25, 0.3) is 0 Å². The molecule has 0 bridgehead atoms. The molecule has 28 heavy (non-hydrogen) atoms. The molecule has 0 spiro atoms. The van der Waals surface area contributed by atoms with Crippen LogP contribution < -0.4 is 4.90 Å². The monoisotopic (exact) mass is 393 g/mol. The lowest BCUT2D eigenvalue weighted by atomic mass is 10.1. The number of piperazine rings is 1. The van der Waals surface area contributed by atoms with E-state index in [4.69, 9.17) is 0 Å². The molecule has 2 aromatic rings. The van der Waals surface area contributed by atoms with E-state index < -0.39 is 16.7 Å². The van der Waals surface area contributed by atoms with Gasteiger partial charge in [0.05, 0.1) is 22.6 Å². The third-order valence-corrected chi connectivity index (χ3v) is 4.68. The lowest BCUT2D eigenvalue weighted by molar-refractivity contribution is -0.385. The topological polar surface area (TPSA) is 66.7 Å². The Hall–Kier alpha value is -2.94. The van der Waals surface area contributed by atoms with E-state index in [2.05, 4.69) is 0 Å². The highest BCUT2D eigenvalue weighted by Crippen LogP contribution is 2.32. The lowest BCUT2D eigenvalue weighted by Gasteiger charge is -2.36. The first-order valence-electron chi connectivity index (χ1n) is 8.67. The number of para-hydroxylation sites is 1. The predicted molar refractivity (Wildman–Crippen MR) is 97.5 cm³/mol. The van der Waals surface area contributed by atoms with Gasteiger partial charge in [0.25, 0.3) is 5.69 Å². The van der Waals surface area contributed by atoms with Gasteiger partial charge in [-0.2, -0.15) is 13.2 Å². The molecule has 3 rings (SSSR count). The van der Waals surface area contributed by atoms with Crippen LogP contribution >= 0.6 is 0 Å². The van der Waals surface area contributed by atoms with Crippen LogP contribution in [0.3, 0.4) is 0 Å². The molecular formula is C19H18F3N3O3. The Balaban J connectivity index is 1.62. The van der Waals surface area contributed by atoms with Crippen molar-refractivity contribution in [3.8, 4) is 0 Å². The average molecular weight is 393 g/mol. The van der Waals surface area contributed by atoms with Gasteiger partial charge in [0, 0.05) is 37.9 Å². The van der Waals surface area contributed by atoms with Crippen LogP contribution in [0.2, 0.25) is 0 Å². The van der Waals surface area contributed by atoms with Gasteiger partial charge in [-0.05, 0) is 24.3 Å². The van der Waals surface area contributed by atoms with Gasteiger partial charge in [-0.15, -0.1) is 0 Å². The Morgan fingerprint density at radius 3 is 2.36 bits per heavy atom. The van der Waals surface area contributed by atoms with Crippen LogP contribution in [-0.2, 0) is 6.18 Å². The van der Waals surface area contributed by atoms with Crippen molar-refractivity contribution < 1.29 is 22.9 Å². The molecule has 2 aromatic carbocycles. The molecule has 1 saturated heterocycles. The van der Waals surface area contributed by atoms with Crippen molar-refractivity contribution in [2.45, 2.75) is 6.18 Å². The Morgan fingerprint density at radius 1 is 1.04 bits per heavy atom. The Labute approximate surface area is 159 Å². The number of Topliss-reactive ketones (excluding diaryl/α,β-unsaturated/α-hetero) is 1. The SMILES string of the molecule is O=C(CN1CCN(c2cccc(C(F)(F)F)c2)CC1)c1ccccc1[N+](=O)[O-]. The number of carbonyl (C=O) groups is 1. The maximum Gasteiger partial charge on any atom is 0.416 e. The summed E-state index contributed by atoms with van der Waals surface area (Å²) in [7, 11) is 0. The summed E-state index contributed by atoms with van der Waals surface area (Å²) in [5.74, 6) is -0.347. The first-order chi connectivity index (χ1) is 13.3. The molecule has 0 aromatic heterocycles. The van der Waals surface area contributed by atoms with Gasteiger partial charge < -0.3 is 4.90 Å². The van der Waals surface area contributed by atoms with Crippen LogP contribution in [-0.4, -0.2) is 48.3 Å². The number of hydrogen-bond acceptors (Lipinski definition) is 5. The highest BCUT2D eigenvalue weighted by Gasteiger charge is 2.31. The zero-order chi connectivity index (χ0) is 20.3. The molecule has 0 radical (unpaired) electrons. The fourth-order valence-electron chi connectivity index (χ4n) is 3.20. The second-order valence-corrected chi connectivity index (χ2v) is 6.51. The third kappa shape index (κ3) is 4.48. The summed E-state index contributed by atoms with van der Waals surface area (Å²) in [5, 5.41) is 11.1. The third-order valence-electron chi connectivity index (χ3n) is 4.68. The first kappa shape index (κ1) is 19.8. The van der Waals surface area contributed by atoms with E-state index >= 15 is 0 Å². The Bertz CT molecular complexity index is 878. The first-order valence-corrected chi connectivity index (χ1v) is 8.67. The zero-order valence-electron chi connectivity index (χ0n) is 14.9. The van der Waals surface area contributed by atoms with Gasteiger partial charge in [0.1, 0.15) is 0 Å². The number of benzene rings is 2. The maximum atomic E-state index is 12.9. The van der Waals surface area contributed by atoms with Gasteiger partial charge in [0.2, 0.25) is 0 Å². The van der Waals surface area contributed by atoms with Crippen LogP contribution in [0.1, 0.15) is 15.9 Å². The molecule has 0 saturated carbocycles. The molecule has 148 valence electrons. The van der Waals surface area contributed by atoms with Gasteiger partial charge >= 0.3 is 6.18 Å². The van der Waals surface area contributed by atoms with E-state index in [0.29, 0.717) is 31.9 Å². The van der Waals surface area contributed by atoms with E-state index in [0.717, 1.165) is 12.1 Å². The van der Waals surface area contributed by atoms with E-state index in [1.165, 1.54) is 24.3 Å². The van der Waals surface area contributed by atoms with Crippen molar-refractivity contribution in [3.05, 3.63) is 69.8 Å². The van der Waals surface area contributed by atoms with Crippen LogP contribution in [0.5, 0.6) is 0 Å². The van der Waals surface area contributed by atoms with Gasteiger partial charge in [0.15, 0.2) is 5.78 Å². The number of halogens is 3. The summed E-state index contributed by atoms with van der Waals surface area (Å²) in [4.78, 5) is 26.6. The summed E-state index contributed by atoms with van der Waals surface area (Å²) in [5.41, 5.74) is -0.374. The normalized spacial score (nSPS) is 15.5. The number of carbonyl (C=O) groups excluding carboxylic acids is 1. The lowest BCUT2D eigenvalue weighted by Crippen LogP contribution is -2.48. The van der Waals surface area contributed by atoms with E-state index in [9.17, 15) is 28.1 Å². The van der Waals surface area contributed by atoms with Crippen molar-refractivity contribution >= 4 is 17.2 Å². The highest BCUT2D eigenvalue weighted by atomic mass is 19.4. The number of ketones is 1. The summed E-state index contributed by atoms with van der Waals surface area (Å²) in [6.45, 7) is 1.91. The molecule has 1 fully saturated rings. The molecule has 0 unspecified atom stereocenters. The standard InChI is InChI=1S/C19H18F3N3O3/c20-19(21,22)14-4-3-5-15(12-14)24-10-8-23(9-11-24)13-18(26)16-6-1-2-7-17(16)25(27)28/h1-7,12H,8-11,13H2. The predicted octanol–water partition coefficient (Wildman–Crippen LogP) is 3.62. The number of rotatable bonds is 5. The van der Waals surface area contributed by atoms with Crippen molar-refractivity contribution in [3.63, 3.8) is 0 Å². The quantitative estimate of drug-likeness (QED) is 0.441. The number of alkyl halides is 3. The smallest absolute Gasteiger partial charge is 0.369 e. The minimum atomic E-state index is -4.39. The molecule has 0 amide bonds. The molecule has 0 N–H and O–H groups in total. The average Bonchev–Trinajstić information content (AvgIpc) is 2.68. The second kappa shape index (κ2) is 7.97. The highest BCUT2D eigenvalue weighted by molar-refractivity contribution is 6.01. The minimum Gasteiger partial charge on any atom is -0.369 e. The summed E-state index contributed by atoms with van der Waals surface area (Å²) >= 11 is 0. The fourth-order valence-corrected chi connectivity index (χ4v) is 3.20. The maximum absolute atomic E-state index is 12.9. The number of anilines is 1. The number of hydrogen-bond donors (Lipinski definition) is 0. The minimum absolute atomic E-state index is 0.0291. The summed E-state index contributed by atoms with van der Waals surface area (Å²) in [6.07, 6.45) is -4.39. The molecular weight excluding hydrogens is 375 g/mol. The van der Waals surface area contributed by atoms with Gasteiger partial charge in [-0.3, -0.25) is 19.8 Å². The number of nitrogens with zero attached hydrogens (tertiary/aromatic N) is 3. The van der Waals surface area contributed by atoms with Crippen molar-refractivity contribution in [1.82, 2.24) is 4.90 Å². The zero-order valence-corrected chi connectivity index (χ0v) is 14.9. The summed E-state index contributed by atoms with van der Waals surface area (Å²) < 4.78 is 38.6. The van der Waals surface area contributed by atoms with Crippen LogP contribution in [0.15, 0.2) is 48.5 Å². The molecule has 0 atom stereocenters. The van der Waals surface area contributed by atoms with Gasteiger partial charge in [-0.25, -0.2) is 0 Å². The molecule has 0 aliphatic carbocycles. The van der Waals surface area contributed by atoms with Crippen molar-refractivity contribution in [1.29, 1.82) is 0 Å². The van der Waals surface area contributed by atoms with E-state index in [-0.39, 0.29) is 23.6 Å². The molecule has 6 nitrogen and oxygen atoms in total. The molecule has 1 aliphatic heterocycles. The van der Waals surface area contributed by atoms with E-state index in [1.54, 1.807) is 12.1 Å².